The molecule has 29 heavy (non-hydrogen) atoms. The van der Waals surface area contributed by atoms with Gasteiger partial charge in [0.1, 0.15) is 0 Å². The first-order valence-electron chi connectivity index (χ1n) is 9.84. The summed E-state index contributed by atoms with van der Waals surface area (Å²) in [4.78, 5) is 5.02. The van der Waals surface area contributed by atoms with Gasteiger partial charge in [-0.3, -0.25) is 0 Å². The van der Waals surface area contributed by atoms with Gasteiger partial charge < -0.3 is 19.3 Å². The monoisotopic (exact) mass is 442 g/mol. The normalized spacial score (nSPS) is 16.2. The van der Waals surface area contributed by atoms with Crippen molar-refractivity contribution >= 4 is 24.8 Å². The fourth-order valence-electron chi connectivity index (χ4n) is 3.84. The third-order valence-corrected chi connectivity index (χ3v) is 5.45. The molecular weight excluding hydrogens is 414 g/mol. The Bertz CT molecular complexity index is 756. The van der Waals surface area contributed by atoms with Gasteiger partial charge in [0.05, 0.1) is 0 Å². The molecule has 2 aliphatic rings. The van der Waals surface area contributed by atoms with Gasteiger partial charge in [-0.2, -0.15) is 0 Å². The Morgan fingerprint density at radius 1 is 0.793 bits per heavy atom. The standard InChI is InChI=1S/C22H27FN2O2.2ClH/c23-20-15-19(16-21-22(20)27-17-26-21)8-10-25-13-11-24(12-14-25)9-4-7-18-5-2-1-3-6-18;;/h1-3,5-6,15-16H,4,7-14,17H2;2*1H. The van der Waals surface area contributed by atoms with Crippen LogP contribution in [0.25, 0.3) is 0 Å². The first-order valence-corrected chi connectivity index (χ1v) is 9.84. The van der Waals surface area contributed by atoms with E-state index in [0.29, 0.717) is 5.75 Å². The van der Waals surface area contributed by atoms with Crippen LogP contribution in [-0.2, 0) is 12.8 Å². The van der Waals surface area contributed by atoms with Gasteiger partial charge in [-0.1, -0.05) is 30.3 Å². The molecule has 1 fully saturated rings. The van der Waals surface area contributed by atoms with Crippen molar-refractivity contribution in [2.75, 3.05) is 46.1 Å². The minimum atomic E-state index is -0.316. The zero-order valence-corrected chi connectivity index (χ0v) is 18.2. The van der Waals surface area contributed by atoms with Gasteiger partial charge in [-0.15, -0.1) is 24.8 Å². The molecule has 2 aromatic rings. The molecule has 0 aliphatic carbocycles. The number of rotatable bonds is 7. The lowest BCUT2D eigenvalue weighted by Crippen LogP contribution is -2.47. The number of aryl methyl sites for hydroxylation is 1. The van der Waals surface area contributed by atoms with Crippen LogP contribution in [0.5, 0.6) is 11.5 Å². The van der Waals surface area contributed by atoms with Crippen LogP contribution in [0.4, 0.5) is 4.39 Å². The van der Waals surface area contributed by atoms with E-state index in [0.717, 1.165) is 57.7 Å². The fraction of sp³-hybridized carbons (Fsp3) is 0.455. The average molecular weight is 443 g/mol. The summed E-state index contributed by atoms with van der Waals surface area (Å²) in [6, 6.07) is 14.2. The van der Waals surface area contributed by atoms with E-state index in [1.807, 2.05) is 6.07 Å². The van der Waals surface area contributed by atoms with Gasteiger partial charge in [-0.25, -0.2) is 4.39 Å². The molecule has 2 aliphatic heterocycles. The number of halogens is 3. The first kappa shape index (κ1) is 23.7. The summed E-state index contributed by atoms with van der Waals surface area (Å²) < 4.78 is 24.4. The van der Waals surface area contributed by atoms with Crippen molar-refractivity contribution in [1.29, 1.82) is 0 Å². The lowest BCUT2D eigenvalue weighted by Gasteiger charge is -2.34. The number of hydrogen-bond donors (Lipinski definition) is 0. The molecule has 2 heterocycles. The van der Waals surface area contributed by atoms with E-state index in [1.165, 1.54) is 12.0 Å². The van der Waals surface area contributed by atoms with Crippen LogP contribution in [0.2, 0.25) is 0 Å². The topological polar surface area (TPSA) is 24.9 Å². The lowest BCUT2D eigenvalue weighted by molar-refractivity contribution is 0.132. The van der Waals surface area contributed by atoms with Crippen molar-refractivity contribution < 1.29 is 13.9 Å². The quantitative estimate of drug-likeness (QED) is 0.641. The summed E-state index contributed by atoms with van der Waals surface area (Å²) in [5, 5.41) is 0. The second-order valence-corrected chi connectivity index (χ2v) is 7.33. The Kier molecular flexibility index (Phi) is 9.50. The van der Waals surface area contributed by atoms with Crippen LogP contribution in [0.3, 0.4) is 0 Å². The van der Waals surface area contributed by atoms with Crippen molar-refractivity contribution in [2.24, 2.45) is 0 Å². The Hall–Kier alpha value is -1.53. The van der Waals surface area contributed by atoms with Crippen LogP contribution >= 0.6 is 24.8 Å². The highest BCUT2D eigenvalue weighted by atomic mass is 35.5. The SMILES string of the molecule is Cl.Cl.Fc1cc(CCN2CCN(CCCc3ccccc3)CC2)cc2c1OCO2. The highest BCUT2D eigenvalue weighted by Crippen LogP contribution is 2.35. The lowest BCUT2D eigenvalue weighted by atomic mass is 10.1. The van der Waals surface area contributed by atoms with Crippen LogP contribution in [0, 0.1) is 5.82 Å². The molecule has 1 saturated heterocycles. The van der Waals surface area contributed by atoms with Gasteiger partial charge in [0.15, 0.2) is 11.6 Å². The fourth-order valence-corrected chi connectivity index (χ4v) is 3.84. The van der Waals surface area contributed by atoms with Gasteiger partial charge in [0.2, 0.25) is 12.5 Å². The number of nitrogens with zero attached hydrogens (tertiary/aromatic N) is 2. The summed E-state index contributed by atoms with van der Waals surface area (Å²) in [7, 11) is 0. The van der Waals surface area contributed by atoms with Gasteiger partial charge in [0.25, 0.3) is 0 Å². The molecule has 4 nitrogen and oxygen atoms in total. The van der Waals surface area contributed by atoms with Crippen molar-refractivity contribution in [3.63, 3.8) is 0 Å². The molecule has 0 unspecified atom stereocenters. The van der Waals surface area contributed by atoms with Crippen molar-refractivity contribution in [1.82, 2.24) is 9.80 Å². The number of hydrogen-bond acceptors (Lipinski definition) is 4. The Labute approximate surface area is 184 Å². The van der Waals surface area contributed by atoms with E-state index in [4.69, 9.17) is 9.47 Å². The second kappa shape index (κ2) is 11.6. The third kappa shape index (κ3) is 6.48. The highest BCUT2D eigenvalue weighted by molar-refractivity contribution is 5.85. The minimum absolute atomic E-state index is 0. The highest BCUT2D eigenvalue weighted by Gasteiger charge is 2.20. The van der Waals surface area contributed by atoms with Gasteiger partial charge >= 0.3 is 0 Å². The molecular formula is C22H29Cl2FN2O2. The van der Waals surface area contributed by atoms with Gasteiger partial charge in [0, 0.05) is 32.7 Å². The Morgan fingerprint density at radius 3 is 2.21 bits per heavy atom. The molecule has 2 aromatic carbocycles. The Morgan fingerprint density at radius 2 is 1.48 bits per heavy atom. The van der Waals surface area contributed by atoms with E-state index in [2.05, 4.69) is 40.1 Å². The van der Waals surface area contributed by atoms with Crippen molar-refractivity contribution in [3.8, 4) is 11.5 Å². The molecule has 0 amide bonds. The number of benzene rings is 2. The molecule has 0 atom stereocenters. The van der Waals surface area contributed by atoms with Crippen molar-refractivity contribution in [2.45, 2.75) is 19.3 Å². The zero-order valence-electron chi connectivity index (χ0n) is 16.5. The zero-order chi connectivity index (χ0) is 18.5. The maximum absolute atomic E-state index is 14.0. The number of piperazine rings is 1. The molecule has 0 bridgehead atoms. The van der Waals surface area contributed by atoms with Crippen molar-refractivity contribution in [3.05, 3.63) is 59.4 Å². The largest absolute Gasteiger partial charge is 0.453 e. The minimum Gasteiger partial charge on any atom is -0.453 e. The van der Waals surface area contributed by atoms with Crippen LogP contribution in [0.1, 0.15) is 17.5 Å². The van der Waals surface area contributed by atoms with E-state index in [9.17, 15) is 4.39 Å². The van der Waals surface area contributed by atoms with E-state index < -0.39 is 0 Å². The molecule has 0 spiro atoms. The summed E-state index contributed by atoms with van der Waals surface area (Å²) in [5.74, 6) is 0.472. The molecule has 0 aromatic heterocycles. The summed E-state index contributed by atoms with van der Waals surface area (Å²) in [6.07, 6.45) is 3.19. The smallest absolute Gasteiger partial charge is 0.231 e. The number of fused-ring (bicyclic) bond motifs is 1. The van der Waals surface area contributed by atoms with Crippen LogP contribution in [-0.4, -0.2) is 55.9 Å². The second-order valence-electron chi connectivity index (χ2n) is 7.33. The van der Waals surface area contributed by atoms with E-state index in [1.54, 1.807) is 6.07 Å². The predicted octanol–water partition coefficient (Wildman–Crippen LogP) is 4.19. The molecule has 160 valence electrons. The maximum Gasteiger partial charge on any atom is 0.231 e. The maximum atomic E-state index is 14.0. The van der Waals surface area contributed by atoms with Crippen LogP contribution < -0.4 is 9.47 Å². The molecule has 4 rings (SSSR count). The molecule has 0 saturated carbocycles. The van der Waals surface area contributed by atoms with E-state index in [-0.39, 0.29) is 43.2 Å². The third-order valence-electron chi connectivity index (χ3n) is 5.45. The van der Waals surface area contributed by atoms with Crippen LogP contribution in [0.15, 0.2) is 42.5 Å². The number of ether oxygens (including phenoxy) is 2. The van der Waals surface area contributed by atoms with E-state index >= 15 is 0 Å². The summed E-state index contributed by atoms with van der Waals surface area (Å²) in [5.41, 5.74) is 2.40. The average Bonchev–Trinajstić information content (AvgIpc) is 3.18. The Balaban J connectivity index is 0.00000150. The summed E-state index contributed by atoms with van der Waals surface area (Å²) >= 11 is 0. The first-order chi connectivity index (χ1) is 13.3. The van der Waals surface area contributed by atoms with Gasteiger partial charge in [-0.05, 0) is 49.1 Å². The molecule has 7 heteroatoms. The predicted molar refractivity (Wildman–Crippen MR) is 118 cm³/mol. The molecule has 0 N–H and O–H groups in total. The molecule has 0 radical (unpaired) electrons. The summed E-state index contributed by atoms with van der Waals surface area (Å²) in [6.45, 7) is 6.63.